The second-order valence-electron chi connectivity index (χ2n) is 7.77. The first-order chi connectivity index (χ1) is 17.1. The van der Waals surface area contributed by atoms with Crippen LogP contribution in [-0.2, 0) is 11.3 Å². The Labute approximate surface area is 204 Å². The van der Waals surface area contributed by atoms with Gasteiger partial charge in [0.25, 0.3) is 0 Å². The van der Waals surface area contributed by atoms with Crippen LogP contribution in [0.5, 0.6) is 0 Å². The maximum absolute atomic E-state index is 12.4. The monoisotopic (exact) mass is 486 g/mol. The molecular weight excluding hydrogens is 464 g/mol. The minimum atomic E-state index is -0.591. The summed E-state index contributed by atoms with van der Waals surface area (Å²) in [6, 6.07) is 18.8. The topological polar surface area (TPSA) is 118 Å². The zero-order chi connectivity index (χ0) is 24.2. The number of nitrogens with one attached hydrogen (secondary N) is 3. The molecule has 3 aromatic heterocycles. The average Bonchev–Trinajstić information content (AvgIpc) is 3.61. The van der Waals surface area contributed by atoms with Crippen LogP contribution in [0.2, 0.25) is 0 Å². The Bertz CT molecular complexity index is 1490. The third kappa shape index (κ3) is 4.82. The van der Waals surface area contributed by atoms with Gasteiger partial charge in [0, 0.05) is 22.7 Å². The number of aromatic nitrogens is 4. The number of imide groups is 1. The second kappa shape index (κ2) is 9.90. The molecule has 0 radical (unpaired) electrons. The molecule has 0 fully saturated rings. The highest BCUT2D eigenvalue weighted by atomic mass is 32.2. The first-order valence-corrected chi connectivity index (χ1v) is 11.9. The smallest absolute Gasteiger partial charge is 0.321 e. The Kier molecular flexibility index (Phi) is 6.36. The number of hydrogen-bond donors (Lipinski definition) is 3. The predicted molar refractivity (Wildman–Crippen MR) is 133 cm³/mol. The highest BCUT2D eigenvalue weighted by Gasteiger charge is 2.21. The molecule has 3 N–H and O–H groups in total. The highest BCUT2D eigenvalue weighted by Crippen LogP contribution is 2.33. The van der Waals surface area contributed by atoms with Crippen LogP contribution in [0.3, 0.4) is 0 Å². The highest BCUT2D eigenvalue weighted by molar-refractivity contribution is 7.99. The number of benzene rings is 2. The van der Waals surface area contributed by atoms with Gasteiger partial charge in [0.2, 0.25) is 5.91 Å². The molecule has 5 aromatic rings. The molecule has 0 saturated heterocycles. The molecule has 5 rings (SSSR count). The van der Waals surface area contributed by atoms with Crippen molar-refractivity contribution >= 4 is 34.6 Å². The van der Waals surface area contributed by atoms with Gasteiger partial charge in [-0.05, 0) is 36.8 Å². The van der Waals surface area contributed by atoms with Gasteiger partial charge in [0.05, 0.1) is 24.2 Å². The molecule has 35 heavy (non-hydrogen) atoms. The molecule has 9 nitrogen and oxygen atoms in total. The number of rotatable bonds is 7. The number of fused-ring (bicyclic) bond motifs is 1. The number of hydrogen-bond acceptors (Lipinski definition) is 6. The fourth-order valence-corrected chi connectivity index (χ4v) is 4.49. The summed E-state index contributed by atoms with van der Waals surface area (Å²) in [5, 5.41) is 15.3. The van der Waals surface area contributed by atoms with E-state index in [0.29, 0.717) is 16.7 Å². The zero-order valence-electron chi connectivity index (χ0n) is 18.8. The Morgan fingerprint density at radius 1 is 1.06 bits per heavy atom. The molecule has 0 saturated carbocycles. The molecule has 176 valence electrons. The van der Waals surface area contributed by atoms with Crippen molar-refractivity contribution in [3.63, 3.8) is 0 Å². The number of aryl methyl sites for hydroxylation is 1. The Morgan fingerprint density at radius 3 is 2.71 bits per heavy atom. The number of H-pyrrole nitrogens is 1. The van der Waals surface area contributed by atoms with E-state index in [4.69, 9.17) is 4.42 Å². The summed E-state index contributed by atoms with van der Waals surface area (Å²) in [5.41, 5.74) is 3.86. The van der Waals surface area contributed by atoms with Crippen molar-refractivity contribution in [1.29, 1.82) is 0 Å². The maximum Gasteiger partial charge on any atom is 0.321 e. The first kappa shape index (κ1) is 22.5. The molecular formula is C25H22N6O3S. The van der Waals surface area contributed by atoms with E-state index in [-0.39, 0.29) is 12.3 Å². The number of carbonyl (C=O) groups is 2. The lowest BCUT2D eigenvalue weighted by Gasteiger charge is -2.12. The fraction of sp³-hybridized carbons (Fsp3) is 0.120. The van der Waals surface area contributed by atoms with Gasteiger partial charge in [0.15, 0.2) is 11.0 Å². The van der Waals surface area contributed by atoms with Crippen LogP contribution in [0.4, 0.5) is 4.79 Å². The first-order valence-electron chi connectivity index (χ1n) is 10.9. The van der Waals surface area contributed by atoms with Gasteiger partial charge in [-0.25, -0.2) is 4.79 Å². The average molecular weight is 487 g/mol. The van der Waals surface area contributed by atoms with Gasteiger partial charge in [-0.3, -0.25) is 14.7 Å². The summed E-state index contributed by atoms with van der Waals surface area (Å²) < 4.78 is 7.11. The van der Waals surface area contributed by atoms with Crippen LogP contribution in [0.1, 0.15) is 11.3 Å². The molecule has 0 aliphatic heterocycles. The number of nitrogens with zero attached hydrogens (tertiary/aromatic N) is 3. The van der Waals surface area contributed by atoms with E-state index in [2.05, 4.69) is 25.8 Å². The minimum Gasteiger partial charge on any atom is -0.467 e. The summed E-state index contributed by atoms with van der Waals surface area (Å²) in [5.74, 6) is 0.806. The standard InChI is InChI=1S/C25H22N6O3S/c1-16-7-2-5-11-21(16)31-23(19-14-26-20-10-4-3-9-18(19)20)29-30-25(31)35-15-22(32)28-24(33)27-13-17-8-6-12-34-17/h2-12,14,26H,13,15H2,1H3,(H2,27,28,32,33). The van der Waals surface area contributed by atoms with Crippen molar-refractivity contribution in [2.45, 2.75) is 18.6 Å². The third-order valence-electron chi connectivity index (χ3n) is 5.41. The van der Waals surface area contributed by atoms with Gasteiger partial charge in [-0.2, -0.15) is 0 Å². The molecule has 0 aliphatic rings. The molecule has 0 unspecified atom stereocenters. The number of aromatic amines is 1. The maximum atomic E-state index is 12.4. The van der Waals surface area contributed by atoms with Crippen molar-refractivity contribution in [1.82, 2.24) is 30.4 Å². The van der Waals surface area contributed by atoms with Crippen LogP contribution in [-0.4, -0.2) is 37.4 Å². The number of urea groups is 1. The number of para-hydroxylation sites is 2. The lowest BCUT2D eigenvalue weighted by Crippen LogP contribution is -2.39. The van der Waals surface area contributed by atoms with E-state index in [1.807, 2.05) is 66.2 Å². The van der Waals surface area contributed by atoms with Crippen LogP contribution in [0.15, 0.2) is 82.7 Å². The van der Waals surface area contributed by atoms with Crippen LogP contribution in [0.25, 0.3) is 28.0 Å². The van der Waals surface area contributed by atoms with E-state index in [1.165, 1.54) is 18.0 Å². The Morgan fingerprint density at radius 2 is 1.89 bits per heavy atom. The summed E-state index contributed by atoms with van der Waals surface area (Å²) in [6.45, 7) is 2.20. The summed E-state index contributed by atoms with van der Waals surface area (Å²) in [4.78, 5) is 27.8. The molecule has 0 spiro atoms. The predicted octanol–water partition coefficient (Wildman–Crippen LogP) is 4.44. The van der Waals surface area contributed by atoms with Gasteiger partial charge in [-0.15, -0.1) is 10.2 Å². The number of furan rings is 1. The van der Waals surface area contributed by atoms with Crippen molar-refractivity contribution in [2.24, 2.45) is 0 Å². The van der Waals surface area contributed by atoms with Gasteiger partial charge in [-0.1, -0.05) is 48.2 Å². The van der Waals surface area contributed by atoms with E-state index in [9.17, 15) is 9.59 Å². The Balaban J connectivity index is 1.37. The molecule has 0 aliphatic carbocycles. The molecule has 3 amide bonds. The largest absolute Gasteiger partial charge is 0.467 e. The van der Waals surface area contributed by atoms with Crippen molar-refractivity contribution in [3.05, 3.63) is 84.4 Å². The van der Waals surface area contributed by atoms with Crippen LogP contribution < -0.4 is 10.6 Å². The molecule has 3 heterocycles. The van der Waals surface area contributed by atoms with Gasteiger partial charge < -0.3 is 14.7 Å². The SMILES string of the molecule is Cc1ccccc1-n1c(SCC(=O)NC(=O)NCc2ccco2)nnc1-c1c[nH]c2ccccc12. The second-order valence-corrected chi connectivity index (χ2v) is 8.72. The fourth-order valence-electron chi connectivity index (χ4n) is 3.74. The van der Waals surface area contributed by atoms with E-state index < -0.39 is 11.9 Å². The lowest BCUT2D eigenvalue weighted by atomic mass is 10.1. The molecule has 0 atom stereocenters. The van der Waals surface area contributed by atoms with Crippen molar-refractivity contribution < 1.29 is 14.0 Å². The minimum absolute atomic E-state index is 0.00787. The number of amides is 3. The molecule has 2 aromatic carbocycles. The zero-order valence-corrected chi connectivity index (χ0v) is 19.6. The van der Waals surface area contributed by atoms with Crippen molar-refractivity contribution in [3.8, 4) is 17.1 Å². The number of carbonyl (C=O) groups excluding carboxylic acids is 2. The van der Waals surface area contributed by atoms with Crippen molar-refractivity contribution in [2.75, 3.05) is 5.75 Å². The summed E-state index contributed by atoms with van der Waals surface area (Å²) >= 11 is 1.21. The van der Waals surface area contributed by atoms with Gasteiger partial charge in [0.1, 0.15) is 5.76 Å². The normalized spacial score (nSPS) is 11.0. The molecule has 10 heteroatoms. The third-order valence-corrected chi connectivity index (χ3v) is 6.34. The van der Waals surface area contributed by atoms with E-state index in [0.717, 1.165) is 27.7 Å². The quantitative estimate of drug-likeness (QED) is 0.293. The van der Waals surface area contributed by atoms with Crippen LogP contribution >= 0.6 is 11.8 Å². The van der Waals surface area contributed by atoms with Gasteiger partial charge >= 0.3 is 6.03 Å². The van der Waals surface area contributed by atoms with E-state index >= 15 is 0 Å². The summed E-state index contributed by atoms with van der Waals surface area (Å²) in [7, 11) is 0. The number of thioether (sulfide) groups is 1. The van der Waals surface area contributed by atoms with Crippen LogP contribution in [0, 0.1) is 6.92 Å². The summed E-state index contributed by atoms with van der Waals surface area (Å²) in [6.07, 6.45) is 3.43. The molecule has 0 bridgehead atoms. The Hall–Kier alpha value is -4.31. The van der Waals surface area contributed by atoms with E-state index in [1.54, 1.807) is 12.1 Å². The lowest BCUT2D eigenvalue weighted by molar-refractivity contribution is -0.117.